The summed E-state index contributed by atoms with van der Waals surface area (Å²) >= 11 is 0. The van der Waals surface area contributed by atoms with Gasteiger partial charge in [-0.1, -0.05) is 326 Å². The first kappa shape index (κ1) is 73.1. The Morgan fingerprint density at radius 3 is 0.803 bits per heavy atom. The third-order valence-electron chi connectivity index (χ3n) is 14.8. The van der Waals surface area contributed by atoms with E-state index in [2.05, 4.69) is 81.5 Å². The van der Waals surface area contributed by atoms with Crippen LogP contribution in [-0.2, 0) is 28.6 Å². The Morgan fingerprint density at radius 2 is 0.513 bits per heavy atom. The second-order valence-corrected chi connectivity index (χ2v) is 22.4. The van der Waals surface area contributed by atoms with Crippen LogP contribution in [0.4, 0.5) is 0 Å². The number of allylic oxidation sites excluding steroid dienone is 10. The standard InChI is InChI=1S/C70H126O6/c1-4-7-10-13-16-19-22-25-28-30-32-33-34-35-36-37-38-40-42-45-48-51-54-57-60-63-69(72)75-66-67(65-74-68(71)62-59-56-53-50-47-44-41-27-24-21-18-15-12-9-6-3)76-70(73)64-61-58-55-52-49-46-43-39-31-29-26-23-20-17-14-11-8-5-2/h7,10,16,19,25,28,32-33,35-36,67H,4-6,8-9,11-15,17-18,20-24,26-27,29-31,34,37-66H2,1-3H3/b10-7-,19-16-,28-25-,33-32-,36-35-. The third-order valence-corrected chi connectivity index (χ3v) is 14.8. The van der Waals surface area contributed by atoms with Crippen LogP contribution in [0.1, 0.15) is 348 Å². The molecule has 0 rings (SSSR count). The minimum Gasteiger partial charge on any atom is -0.462 e. The molecule has 0 N–H and O–H groups in total. The first-order chi connectivity index (χ1) is 37.5. The van der Waals surface area contributed by atoms with Crippen molar-refractivity contribution in [1.29, 1.82) is 0 Å². The van der Waals surface area contributed by atoms with Crippen molar-refractivity contribution in [2.75, 3.05) is 13.2 Å². The molecule has 0 aromatic carbocycles. The fraction of sp³-hybridized carbons (Fsp3) is 0.814. The zero-order chi connectivity index (χ0) is 55.0. The van der Waals surface area contributed by atoms with Gasteiger partial charge in [-0.25, -0.2) is 0 Å². The lowest BCUT2D eigenvalue weighted by atomic mass is 10.0. The topological polar surface area (TPSA) is 78.9 Å². The molecule has 0 bridgehead atoms. The average Bonchev–Trinajstić information content (AvgIpc) is 3.42. The van der Waals surface area contributed by atoms with E-state index >= 15 is 0 Å². The number of carbonyl (C=O) groups excluding carboxylic acids is 3. The van der Waals surface area contributed by atoms with Crippen molar-refractivity contribution in [1.82, 2.24) is 0 Å². The number of ether oxygens (including phenoxy) is 3. The Hall–Kier alpha value is -2.89. The van der Waals surface area contributed by atoms with Gasteiger partial charge in [0.2, 0.25) is 0 Å². The van der Waals surface area contributed by atoms with Crippen molar-refractivity contribution < 1.29 is 28.6 Å². The summed E-state index contributed by atoms with van der Waals surface area (Å²) in [4.78, 5) is 38.4. The summed E-state index contributed by atoms with van der Waals surface area (Å²) in [6.07, 6.45) is 82.3. The van der Waals surface area contributed by atoms with E-state index in [0.29, 0.717) is 19.3 Å². The molecule has 0 saturated heterocycles. The molecule has 1 atom stereocenters. The van der Waals surface area contributed by atoms with Gasteiger partial charge < -0.3 is 14.2 Å². The molecule has 0 spiro atoms. The van der Waals surface area contributed by atoms with Gasteiger partial charge in [-0.05, 0) is 64.2 Å². The molecule has 1 unspecified atom stereocenters. The van der Waals surface area contributed by atoms with Gasteiger partial charge in [-0.3, -0.25) is 14.4 Å². The molecule has 6 nitrogen and oxygen atoms in total. The van der Waals surface area contributed by atoms with E-state index < -0.39 is 6.10 Å². The van der Waals surface area contributed by atoms with Crippen LogP contribution in [0, 0.1) is 0 Å². The lowest BCUT2D eigenvalue weighted by Gasteiger charge is -2.18. The predicted molar refractivity (Wildman–Crippen MR) is 330 cm³/mol. The van der Waals surface area contributed by atoms with E-state index in [9.17, 15) is 14.4 Å². The van der Waals surface area contributed by atoms with Crippen molar-refractivity contribution in [3.05, 3.63) is 60.8 Å². The Morgan fingerprint density at radius 1 is 0.276 bits per heavy atom. The number of hydrogen-bond donors (Lipinski definition) is 0. The highest BCUT2D eigenvalue weighted by Gasteiger charge is 2.19. The molecule has 76 heavy (non-hydrogen) atoms. The quantitative estimate of drug-likeness (QED) is 0.0261. The molecule has 6 heteroatoms. The zero-order valence-corrected chi connectivity index (χ0v) is 50.8. The summed E-state index contributed by atoms with van der Waals surface area (Å²) in [6.45, 7) is 6.58. The van der Waals surface area contributed by atoms with E-state index in [0.717, 1.165) is 96.3 Å². The average molecular weight is 1060 g/mol. The number of esters is 3. The third kappa shape index (κ3) is 62.0. The Bertz CT molecular complexity index is 1360. The van der Waals surface area contributed by atoms with Gasteiger partial charge in [0, 0.05) is 19.3 Å². The maximum absolute atomic E-state index is 12.9. The molecular formula is C70H126O6. The Balaban J connectivity index is 4.31. The van der Waals surface area contributed by atoms with Gasteiger partial charge >= 0.3 is 17.9 Å². The van der Waals surface area contributed by atoms with Gasteiger partial charge in [0.25, 0.3) is 0 Å². The first-order valence-corrected chi connectivity index (χ1v) is 33.3. The molecule has 0 aliphatic rings. The molecule has 0 saturated carbocycles. The number of unbranched alkanes of at least 4 members (excludes halogenated alkanes) is 40. The largest absolute Gasteiger partial charge is 0.462 e. The van der Waals surface area contributed by atoms with Crippen molar-refractivity contribution in [3.63, 3.8) is 0 Å². The van der Waals surface area contributed by atoms with Gasteiger partial charge in [0.1, 0.15) is 13.2 Å². The zero-order valence-electron chi connectivity index (χ0n) is 50.8. The van der Waals surface area contributed by atoms with E-state index in [-0.39, 0.29) is 31.1 Å². The van der Waals surface area contributed by atoms with Crippen LogP contribution in [0.25, 0.3) is 0 Å². The van der Waals surface area contributed by atoms with Crippen molar-refractivity contribution in [2.24, 2.45) is 0 Å². The maximum atomic E-state index is 12.9. The summed E-state index contributed by atoms with van der Waals surface area (Å²) < 4.78 is 17.0. The number of carbonyl (C=O) groups is 3. The molecular weight excluding hydrogens is 937 g/mol. The Labute approximate surface area is 472 Å². The lowest BCUT2D eigenvalue weighted by Crippen LogP contribution is -2.30. The fourth-order valence-electron chi connectivity index (χ4n) is 9.83. The van der Waals surface area contributed by atoms with Crippen LogP contribution < -0.4 is 0 Å². The predicted octanol–water partition coefficient (Wildman–Crippen LogP) is 22.7. The van der Waals surface area contributed by atoms with Crippen LogP contribution >= 0.6 is 0 Å². The second-order valence-electron chi connectivity index (χ2n) is 22.4. The normalized spacial score (nSPS) is 12.4. The molecule has 0 aliphatic heterocycles. The smallest absolute Gasteiger partial charge is 0.306 e. The van der Waals surface area contributed by atoms with Crippen molar-refractivity contribution >= 4 is 17.9 Å². The fourth-order valence-corrected chi connectivity index (χ4v) is 9.83. The summed E-state index contributed by atoms with van der Waals surface area (Å²) in [7, 11) is 0. The summed E-state index contributed by atoms with van der Waals surface area (Å²) in [5, 5.41) is 0. The minimum atomic E-state index is -0.774. The second kappa shape index (κ2) is 64.6. The highest BCUT2D eigenvalue weighted by atomic mass is 16.6. The molecule has 0 aromatic rings. The molecule has 0 heterocycles. The van der Waals surface area contributed by atoms with Gasteiger partial charge in [-0.15, -0.1) is 0 Å². The van der Waals surface area contributed by atoms with Crippen LogP contribution in [0.2, 0.25) is 0 Å². The summed E-state index contributed by atoms with van der Waals surface area (Å²) in [6, 6.07) is 0. The molecule has 0 aliphatic carbocycles. The van der Waals surface area contributed by atoms with Crippen LogP contribution in [0.3, 0.4) is 0 Å². The van der Waals surface area contributed by atoms with E-state index in [4.69, 9.17) is 14.2 Å². The number of rotatable bonds is 61. The van der Waals surface area contributed by atoms with Crippen LogP contribution in [0.15, 0.2) is 60.8 Å². The van der Waals surface area contributed by atoms with Gasteiger partial charge in [-0.2, -0.15) is 0 Å². The Kier molecular flexibility index (Phi) is 62.2. The summed E-state index contributed by atoms with van der Waals surface area (Å²) in [5.41, 5.74) is 0. The first-order valence-electron chi connectivity index (χ1n) is 33.3. The monoisotopic (exact) mass is 1060 g/mol. The highest BCUT2D eigenvalue weighted by Crippen LogP contribution is 2.18. The minimum absolute atomic E-state index is 0.0703. The van der Waals surface area contributed by atoms with Crippen molar-refractivity contribution in [2.45, 2.75) is 354 Å². The summed E-state index contributed by atoms with van der Waals surface area (Å²) in [5.74, 6) is -0.852. The highest BCUT2D eigenvalue weighted by molar-refractivity contribution is 5.71. The van der Waals surface area contributed by atoms with Gasteiger partial charge in [0.05, 0.1) is 0 Å². The maximum Gasteiger partial charge on any atom is 0.306 e. The van der Waals surface area contributed by atoms with Crippen molar-refractivity contribution in [3.8, 4) is 0 Å². The molecule has 442 valence electrons. The van der Waals surface area contributed by atoms with Crippen LogP contribution in [-0.4, -0.2) is 37.2 Å². The molecule has 0 amide bonds. The molecule has 0 aromatic heterocycles. The van der Waals surface area contributed by atoms with E-state index in [1.807, 2.05) is 0 Å². The van der Waals surface area contributed by atoms with Gasteiger partial charge in [0.15, 0.2) is 6.10 Å². The number of hydrogen-bond acceptors (Lipinski definition) is 6. The molecule has 0 radical (unpaired) electrons. The lowest BCUT2D eigenvalue weighted by molar-refractivity contribution is -0.167. The molecule has 0 fully saturated rings. The van der Waals surface area contributed by atoms with E-state index in [1.54, 1.807) is 0 Å². The SMILES string of the molecule is CC/C=C\C/C=C\C/C=C\C/C=C\C/C=C\CCCCCCCCCCCC(=O)OCC(COC(=O)CCCCCCCCCCCCCCCCC)OC(=O)CCCCCCCCCCCCCCCCCCCC. The van der Waals surface area contributed by atoms with E-state index in [1.165, 1.54) is 212 Å². The van der Waals surface area contributed by atoms with Crippen LogP contribution in [0.5, 0.6) is 0 Å².